The van der Waals surface area contributed by atoms with Crippen molar-refractivity contribution in [2.75, 3.05) is 19.8 Å². The molecule has 1 aromatic carbocycles. The van der Waals surface area contributed by atoms with Crippen LogP contribution in [0.15, 0.2) is 18.2 Å². The minimum atomic E-state index is -0.262. The van der Waals surface area contributed by atoms with Gasteiger partial charge in [-0.05, 0) is 29.2 Å². The van der Waals surface area contributed by atoms with Crippen molar-refractivity contribution in [1.29, 1.82) is 0 Å². The van der Waals surface area contributed by atoms with Crippen LogP contribution in [0.5, 0.6) is 0 Å². The second kappa shape index (κ2) is 8.19. The lowest BCUT2D eigenvalue weighted by molar-refractivity contribution is 0.0312. The molecule has 0 aliphatic carbocycles. The minimum Gasteiger partial charge on any atom is -0.379 e. The van der Waals surface area contributed by atoms with E-state index in [1.807, 2.05) is 0 Å². The van der Waals surface area contributed by atoms with E-state index < -0.39 is 0 Å². The number of rotatable bonds is 8. The highest BCUT2D eigenvalue weighted by Crippen LogP contribution is 2.12. The summed E-state index contributed by atoms with van der Waals surface area (Å²) in [5.41, 5.74) is 7.31. The molecule has 0 aliphatic heterocycles. The van der Waals surface area contributed by atoms with Gasteiger partial charge in [-0.3, -0.25) is 0 Å². The monoisotopic (exact) mass is 255 g/mol. The van der Waals surface area contributed by atoms with E-state index in [4.69, 9.17) is 15.2 Å². The van der Waals surface area contributed by atoms with Gasteiger partial charge in [0, 0.05) is 13.2 Å². The molecule has 1 rings (SSSR count). The molecule has 0 aromatic heterocycles. The zero-order valence-corrected chi connectivity index (χ0v) is 11.1. The summed E-state index contributed by atoms with van der Waals surface area (Å²) < 4.78 is 23.9. The van der Waals surface area contributed by atoms with E-state index in [0.29, 0.717) is 32.3 Å². The average molecular weight is 255 g/mol. The first-order valence-corrected chi connectivity index (χ1v) is 6.26. The first kappa shape index (κ1) is 15.1. The van der Waals surface area contributed by atoms with Gasteiger partial charge in [0.2, 0.25) is 0 Å². The fourth-order valence-electron chi connectivity index (χ4n) is 1.55. The van der Waals surface area contributed by atoms with Crippen LogP contribution in [-0.4, -0.2) is 19.8 Å². The van der Waals surface area contributed by atoms with Crippen LogP contribution >= 0.6 is 0 Å². The highest BCUT2D eigenvalue weighted by molar-refractivity contribution is 5.27. The summed E-state index contributed by atoms with van der Waals surface area (Å²) in [5, 5.41) is 0. The quantitative estimate of drug-likeness (QED) is 0.726. The van der Waals surface area contributed by atoms with Crippen LogP contribution in [0.3, 0.4) is 0 Å². The minimum absolute atomic E-state index is 0.262. The zero-order chi connectivity index (χ0) is 13.4. The Morgan fingerprint density at radius 3 is 2.56 bits per heavy atom. The molecule has 102 valence electrons. The fourth-order valence-corrected chi connectivity index (χ4v) is 1.55. The van der Waals surface area contributed by atoms with Gasteiger partial charge in [0.25, 0.3) is 0 Å². The molecule has 0 heterocycles. The van der Waals surface area contributed by atoms with Crippen molar-refractivity contribution in [1.82, 2.24) is 0 Å². The third-order valence-electron chi connectivity index (χ3n) is 2.47. The van der Waals surface area contributed by atoms with Gasteiger partial charge in [-0.1, -0.05) is 19.9 Å². The summed E-state index contributed by atoms with van der Waals surface area (Å²) in [7, 11) is 0. The first-order valence-electron chi connectivity index (χ1n) is 6.26. The molecule has 0 fully saturated rings. The van der Waals surface area contributed by atoms with Crippen molar-refractivity contribution in [3.05, 3.63) is 35.1 Å². The number of halogens is 1. The van der Waals surface area contributed by atoms with E-state index in [1.54, 1.807) is 6.07 Å². The Kier molecular flexibility index (Phi) is 6.86. The number of ether oxygens (including phenoxy) is 2. The zero-order valence-electron chi connectivity index (χ0n) is 11.1. The van der Waals surface area contributed by atoms with E-state index in [1.165, 1.54) is 12.1 Å². The Hall–Kier alpha value is -0.970. The topological polar surface area (TPSA) is 44.5 Å². The summed E-state index contributed by atoms with van der Waals surface area (Å²) in [6, 6.07) is 4.58. The van der Waals surface area contributed by atoms with Crippen LogP contribution in [0.1, 0.15) is 25.0 Å². The maximum Gasteiger partial charge on any atom is 0.123 e. The summed E-state index contributed by atoms with van der Waals surface area (Å²) in [6.45, 7) is 6.76. The third-order valence-corrected chi connectivity index (χ3v) is 2.47. The van der Waals surface area contributed by atoms with Gasteiger partial charge < -0.3 is 15.2 Å². The fraction of sp³-hybridized carbons (Fsp3) is 0.571. The summed E-state index contributed by atoms with van der Waals surface area (Å²) in [4.78, 5) is 0. The van der Waals surface area contributed by atoms with E-state index in [-0.39, 0.29) is 5.82 Å². The SMILES string of the molecule is CC(C)COCCOCc1cc(F)ccc1CN. The molecular weight excluding hydrogens is 233 g/mol. The molecule has 1 aromatic rings. The molecule has 0 saturated heterocycles. The Morgan fingerprint density at radius 2 is 1.89 bits per heavy atom. The van der Waals surface area contributed by atoms with E-state index in [0.717, 1.165) is 17.7 Å². The Morgan fingerprint density at radius 1 is 1.17 bits per heavy atom. The maximum absolute atomic E-state index is 13.1. The van der Waals surface area contributed by atoms with Crippen LogP contribution in [0, 0.1) is 11.7 Å². The van der Waals surface area contributed by atoms with Gasteiger partial charge in [-0.25, -0.2) is 4.39 Å². The molecule has 4 heteroatoms. The molecule has 18 heavy (non-hydrogen) atoms. The van der Waals surface area contributed by atoms with Crippen molar-refractivity contribution in [3.63, 3.8) is 0 Å². The molecule has 0 amide bonds. The maximum atomic E-state index is 13.1. The van der Waals surface area contributed by atoms with Crippen molar-refractivity contribution in [3.8, 4) is 0 Å². The lowest BCUT2D eigenvalue weighted by atomic mass is 10.1. The molecule has 0 spiro atoms. The molecule has 0 aliphatic rings. The first-order chi connectivity index (χ1) is 8.63. The molecule has 0 bridgehead atoms. The smallest absolute Gasteiger partial charge is 0.123 e. The molecule has 0 saturated carbocycles. The third kappa shape index (κ3) is 5.58. The molecule has 0 radical (unpaired) electrons. The number of benzene rings is 1. The lowest BCUT2D eigenvalue weighted by Crippen LogP contribution is -2.10. The van der Waals surface area contributed by atoms with Crippen molar-refractivity contribution in [2.24, 2.45) is 11.7 Å². The number of nitrogens with two attached hydrogens (primary N) is 1. The normalized spacial score (nSPS) is 11.2. The predicted molar refractivity (Wildman–Crippen MR) is 69.6 cm³/mol. The van der Waals surface area contributed by atoms with Gasteiger partial charge in [0.15, 0.2) is 0 Å². The van der Waals surface area contributed by atoms with Crippen molar-refractivity contribution in [2.45, 2.75) is 27.0 Å². The summed E-state index contributed by atoms with van der Waals surface area (Å²) >= 11 is 0. The van der Waals surface area contributed by atoms with E-state index in [2.05, 4.69) is 13.8 Å². The lowest BCUT2D eigenvalue weighted by Gasteiger charge is -2.10. The highest BCUT2D eigenvalue weighted by atomic mass is 19.1. The molecule has 2 N–H and O–H groups in total. The number of hydrogen-bond acceptors (Lipinski definition) is 3. The van der Waals surface area contributed by atoms with Crippen molar-refractivity contribution >= 4 is 0 Å². The largest absolute Gasteiger partial charge is 0.379 e. The standard InChI is InChI=1S/C14H22FNO2/c1-11(2)9-17-5-6-18-10-13-7-14(15)4-3-12(13)8-16/h3-4,7,11H,5-6,8-10,16H2,1-2H3. The van der Waals surface area contributed by atoms with Gasteiger partial charge in [0.1, 0.15) is 5.82 Å². The second-order valence-corrected chi connectivity index (χ2v) is 4.64. The summed E-state index contributed by atoms with van der Waals surface area (Å²) in [5.74, 6) is 0.263. The molecular formula is C14H22FNO2. The molecule has 0 unspecified atom stereocenters. The van der Waals surface area contributed by atoms with Crippen LogP contribution in [0.2, 0.25) is 0 Å². The Balaban J connectivity index is 2.28. The van der Waals surface area contributed by atoms with Gasteiger partial charge >= 0.3 is 0 Å². The van der Waals surface area contributed by atoms with Crippen LogP contribution in [0.4, 0.5) is 4.39 Å². The second-order valence-electron chi connectivity index (χ2n) is 4.64. The van der Waals surface area contributed by atoms with Crippen LogP contribution < -0.4 is 5.73 Å². The molecule has 3 nitrogen and oxygen atoms in total. The Bertz CT molecular complexity index is 356. The molecule has 0 atom stereocenters. The van der Waals surface area contributed by atoms with Crippen LogP contribution in [0.25, 0.3) is 0 Å². The van der Waals surface area contributed by atoms with Gasteiger partial charge in [0.05, 0.1) is 19.8 Å². The predicted octanol–water partition coefficient (Wildman–Crippen LogP) is 2.47. The van der Waals surface area contributed by atoms with E-state index in [9.17, 15) is 4.39 Å². The highest BCUT2D eigenvalue weighted by Gasteiger charge is 2.03. The van der Waals surface area contributed by atoms with Crippen molar-refractivity contribution < 1.29 is 13.9 Å². The number of hydrogen-bond donors (Lipinski definition) is 1. The Labute approximate surface area is 108 Å². The summed E-state index contributed by atoms with van der Waals surface area (Å²) in [6.07, 6.45) is 0. The van der Waals surface area contributed by atoms with E-state index >= 15 is 0 Å². The van der Waals surface area contributed by atoms with Gasteiger partial charge in [-0.15, -0.1) is 0 Å². The van der Waals surface area contributed by atoms with Crippen LogP contribution in [-0.2, 0) is 22.6 Å². The van der Waals surface area contributed by atoms with Gasteiger partial charge in [-0.2, -0.15) is 0 Å². The average Bonchev–Trinajstić information content (AvgIpc) is 2.33.